The van der Waals surface area contributed by atoms with E-state index in [1.165, 1.54) is 13.3 Å². The quantitative estimate of drug-likeness (QED) is 0.791. The molecule has 2 heterocycles. The largest absolute Gasteiger partial charge is 0.467 e. The molecule has 2 aromatic heterocycles. The van der Waals surface area contributed by atoms with E-state index in [0.29, 0.717) is 5.15 Å². The first-order valence-electron chi connectivity index (χ1n) is 4.02. The Morgan fingerprint density at radius 1 is 1.06 bits per heavy atom. The molecule has 0 aromatic carbocycles. The third-order valence-electron chi connectivity index (χ3n) is 1.21. The predicted molar refractivity (Wildman–Crippen MR) is 61.2 cm³/mol. The standard InChI is InChI=1S/C4H3Cl2N3O.C3H2ClN3/c1-10-4-8-2(5)7-3(6)9-4;4-3-1-2-5-7-6-3/h1H3;1-2H. The lowest BCUT2D eigenvalue weighted by Gasteiger charge is -1.95. The van der Waals surface area contributed by atoms with Gasteiger partial charge in [-0.15, -0.1) is 10.2 Å². The van der Waals surface area contributed by atoms with Gasteiger partial charge in [0, 0.05) is 0 Å². The predicted octanol–water partition coefficient (Wildman–Crippen LogP) is 1.71. The van der Waals surface area contributed by atoms with Gasteiger partial charge in [-0.25, -0.2) is 0 Å². The van der Waals surface area contributed by atoms with Crippen molar-refractivity contribution in [1.29, 1.82) is 0 Å². The highest BCUT2D eigenvalue weighted by Crippen LogP contribution is 2.09. The van der Waals surface area contributed by atoms with Crippen LogP contribution < -0.4 is 4.74 Å². The minimum atomic E-state index is 0.0249. The summed E-state index contributed by atoms with van der Waals surface area (Å²) in [6.07, 6.45) is 1.48. The SMILES string of the molecule is COc1nc(Cl)nc(Cl)n1.Clc1ccnnn1. The highest BCUT2D eigenvalue weighted by atomic mass is 35.5. The monoisotopic (exact) mass is 294 g/mol. The Morgan fingerprint density at radius 3 is 2.06 bits per heavy atom. The molecule has 17 heavy (non-hydrogen) atoms. The summed E-state index contributed by atoms with van der Waals surface area (Å²) in [5.41, 5.74) is 0. The van der Waals surface area contributed by atoms with Crippen LogP contribution >= 0.6 is 34.8 Å². The summed E-state index contributed by atoms with van der Waals surface area (Å²) in [4.78, 5) is 10.7. The van der Waals surface area contributed by atoms with Gasteiger partial charge in [0.15, 0.2) is 5.15 Å². The first kappa shape index (κ1) is 13.8. The molecule has 0 saturated heterocycles. The van der Waals surface area contributed by atoms with E-state index in [1.807, 2.05) is 0 Å². The zero-order chi connectivity index (χ0) is 12.7. The van der Waals surface area contributed by atoms with Gasteiger partial charge in [0.25, 0.3) is 0 Å². The minimum absolute atomic E-state index is 0.0249. The van der Waals surface area contributed by atoms with E-state index < -0.39 is 0 Å². The van der Waals surface area contributed by atoms with Gasteiger partial charge in [-0.1, -0.05) is 11.6 Å². The van der Waals surface area contributed by atoms with E-state index >= 15 is 0 Å². The van der Waals surface area contributed by atoms with Crippen LogP contribution in [-0.4, -0.2) is 37.5 Å². The lowest BCUT2D eigenvalue weighted by Crippen LogP contribution is -1.94. The van der Waals surface area contributed by atoms with Crippen molar-refractivity contribution in [3.8, 4) is 6.01 Å². The Hall–Kier alpha value is -1.31. The van der Waals surface area contributed by atoms with Gasteiger partial charge in [-0.2, -0.15) is 15.0 Å². The molecule has 0 spiro atoms. The summed E-state index contributed by atoms with van der Waals surface area (Å²) < 4.78 is 4.64. The third-order valence-corrected chi connectivity index (χ3v) is 1.75. The Morgan fingerprint density at radius 2 is 1.71 bits per heavy atom. The van der Waals surface area contributed by atoms with E-state index in [-0.39, 0.29) is 16.6 Å². The van der Waals surface area contributed by atoms with Gasteiger partial charge in [-0.05, 0) is 34.5 Å². The number of nitrogens with zero attached hydrogens (tertiary/aromatic N) is 6. The van der Waals surface area contributed by atoms with Crippen molar-refractivity contribution in [2.24, 2.45) is 0 Å². The van der Waals surface area contributed by atoms with Crippen molar-refractivity contribution in [2.75, 3.05) is 7.11 Å². The second kappa shape index (κ2) is 7.10. The van der Waals surface area contributed by atoms with Crippen molar-refractivity contribution in [3.63, 3.8) is 0 Å². The van der Waals surface area contributed by atoms with Crippen molar-refractivity contribution in [1.82, 2.24) is 30.4 Å². The van der Waals surface area contributed by atoms with E-state index in [4.69, 9.17) is 34.8 Å². The van der Waals surface area contributed by atoms with Crippen LogP contribution in [0.25, 0.3) is 0 Å². The summed E-state index contributed by atoms with van der Waals surface area (Å²) >= 11 is 16.1. The Kier molecular flexibility index (Phi) is 5.75. The van der Waals surface area contributed by atoms with Crippen molar-refractivity contribution < 1.29 is 4.74 Å². The number of ether oxygens (including phenoxy) is 1. The summed E-state index contributed by atoms with van der Waals surface area (Å²) in [6, 6.07) is 1.68. The fourth-order valence-electron chi connectivity index (χ4n) is 0.627. The van der Waals surface area contributed by atoms with Crippen LogP contribution in [0.4, 0.5) is 0 Å². The molecule has 0 aliphatic carbocycles. The fraction of sp³-hybridized carbons (Fsp3) is 0.143. The summed E-state index contributed by atoms with van der Waals surface area (Å²) in [5.74, 6) is 0. The van der Waals surface area contributed by atoms with Crippen molar-refractivity contribution >= 4 is 34.8 Å². The maximum Gasteiger partial charge on any atom is 0.321 e. The average molecular weight is 296 g/mol. The number of hydrogen-bond donors (Lipinski definition) is 0. The molecule has 2 rings (SSSR count). The van der Waals surface area contributed by atoms with E-state index in [2.05, 4.69) is 35.1 Å². The molecule has 0 aliphatic rings. The molecular weight excluding hydrogens is 290 g/mol. The molecule has 0 saturated carbocycles. The van der Waals surface area contributed by atoms with Gasteiger partial charge in [0.1, 0.15) is 0 Å². The number of methoxy groups -OCH3 is 1. The van der Waals surface area contributed by atoms with Gasteiger partial charge in [-0.3, -0.25) is 0 Å². The molecule has 0 fully saturated rings. The Bertz CT molecular complexity index is 450. The Labute approximate surface area is 111 Å². The first-order valence-corrected chi connectivity index (χ1v) is 5.16. The summed E-state index contributed by atoms with van der Waals surface area (Å²) in [5, 5.41) is 10.5. The molecule has 90 valence electrons. The molecular formula is C7H5Cl3N6O. The van der Waals surface area contributed by atoms with Crippen molar-refractivity contribution in [3.05, 3.63) is 28.0 Å². The molecule has 0 N–H and O–H groups in total. The zero-order valence-corrected chi connectivity index (χ0v) is 10.6. The number of aromatic nitrogens is 6. The molecule has 0 atom stereocenters. The number of hydrogen-bond acceptors (Lipinski definition) is 7. The van der Waals surface area contributed by atoms with Gasteiger partial charge < -0.3 is 4.74 Å². The molecule has 0 amide bonds. The van der Waals surface area contributed by atoms with Gasteiger partial charge >= 0.3 is 6.01 Å². The lowest BCUT2D eigenvalue weighted by molar-refractivity contribution is 0.378. The van der Waals surface area contributed by atoms with Crippen LogP contribution in [0.1, 0.15) is 0 Å². The molecule has 7 nitrogen and oxygen atoms in total. The van der Waals surface area contributed by atoms with Crippen LogP contribution in [0, 0.1) is 0 Å². The molecule has 0 bridgehead atoms. The topological polar surface area (TPSA) is 86.6 Å². The van der Waals surface area contributed by atoms with Crippen LogP contribution in [0.5, 0.6) is 6.01 Å². The van der Waals surface area contributed by atoms with Crippen LogP contribution in [0.2, 0.25) is 15.7 Å². The van der Waals surface area contributed by atoms with Crippen LogP contribution in [-0.2, 0) is 0 Å². The van der Waals surface area contributed by atoms with Crippen LogP contribution in [0.15, 0.2) is 12.3 Å². The smallest absolute Gasteiger partial charge is 0.321 e. The lowest BCUT2D eigenvalue weighted by atomic mass is 10.7. The van der Waals surface area contributed by atoms with Gasteiger partial charge in [0.2, 0.25) is 10.6 Å². The summed E-state index contributed by atoms with van der Waals surface area (Å²) in [6.45, 7) is 0. The molecule has 0 unspecified atom stereocenters. The summed E-state index contributed by atoms with van der Waals surface area (Å²) in [7, 11) is 1.42. The Balaban J connectivity index is 0.000000181. The average Bonchev–Trinajstić information content (AvgIpc) is 2.29. The van der Waals surface area contributed by atoms with E-state index in [1.54, 1.807) is 6.07 Å². The number of halogens is 3. The molecule has 10 heteroatoms. The number of rotatable bonds is 1. The minimum Gasteiger partial charge on any atom is -0.467 e. The normalized spacial score (nSPS) is 9.18. The molecule has 0 aliphatic heterocycles. The fourth-order valence-corrected chi connectivity index (χ4v) is 1.06. The maximum absolute atomic E-state index is 5.40. The highest BCUT2D eigenvalue weighted by Gasteiger charge is 2.00. The van der Waals surface area contributed by atoms with Gasteiger partial charge in [0.05, 0.1) is 13.3 Å². The second-order valence-electron chi connectivity index (χ2n) is 2.30. The molecule has 0 radical (unpaired) electrons. The van der Waals surface area contributed by atoms with Crippen molar-refractivity contribution in [2.45, 2.75) is 0 Å². The van der Waals surface area contributed by atoms with E-state index in [0.717, 1.165) is 0 Å². The maximum atomic E-state index is 5.40. The molecule has 2 aromatic rings. The van der Waals surface area contributed by atoms with Crippen LogP contribution in [0.3, 0.4) is 0 Å². The zero-order valence-electron chi connectivity index (χ0n) is 8.38. The second-order valence-corrected chi connectivity index (χ2v) is 3.37. The third kappa shape index (κ3) is 5.53. The first-order chi connectivity index (χ1) is 8.11. The van der Waals surface area contributed by atoms with E-state index in [9.17, 15) is 0 Å². The highest BCUT2D eigenvalue weighted by molar-refractivity contribution is 6.31.